The van der Waals surface area contributed by atoms with Crippen molar-refractivity contribution in [2.24, 2.45) is 0 Å². The summed E-state index contributed by atoms with van der Waals surface area (Å²) in [4.78, 5) is 4.30. The zero-order chi connectivity index (χ0) is 22.1. The van der Waals surface area contributed by atoms with E-state index in [-0.39, 0.29) is 0 Å². The number of benzene rings is 1. The van der Waals surface area contributed by atoms with E-state index in [0.717, 1.165) is 55.2 Å². The van der Waals surface area contributed by atoms with Crippen LogP contribution >= 0.6 is 0 Å². The summed E-state index contributed by atoms with van der Waals surface area (Å²) in [5.41, 5.74) is 0.962. The first kappa shape index (κ1) is 23.8. The number of pyridine rings is 1. The lowest BCUT2D eigenvalue weighted by molar-refractivity contribution is -0.294. The molecular weight excluding hydrogens is 402 g/mol. The minimum Gasteiger partial charge on any atom is -0.494 e. The molecule has 31 heavy (non-hydrogen) atoms. The van der Waals surface area contributed by atoms with Crippen molar-refractivity contribution >= 4 is 10.9 Å². The van der Waals surface area contributed by atoms with E-state index < -0.39 is 37.3 Å². The van der Waals surface area contributed by atoms with E-state index in [1.165, 1.54) is 0 Å². The van der Waals surface area contributed by atoms with E-state index in [9.17, 15) is 20.4 Å². The number of aliphatic hydroxyl groups excluding tert-OH is 4. The number of rotatable bonds is 12. The number of aliphatic hydroxyl groups is 4. The van der Waals surface area contributed by atoms with Crippen LogP contribution in [0.25, 0.3) is 10.9 Å². The Labute approximate surface area is 182 Å². The standard InChI is InChI=1S/C23H33NO7/c25-15-19-20(26)22(21(27)23(28)31-19)30-13-6-4-2-1-3-5-12-29-17-9-10-18-16(14-17)8-7-11-24-18/h7-11,14,19-23,25-28H,1-6,12-13,15H2/t19-,20-,21-,22+,23?/m1/s1. The minimum absolute atomic E-state index is 0.365. The van der Waals surface area contributed by atoms with Crippen LogP contribution in [-0.2, 0) is 9.47 Å². The monoisotopic (exact) mass is 435 g/mol. The first-order valence-corrected chi connectivity index (χ1v) is 11.0. The molecule has 0 spiro atoms. The molecule has 8 nitrogen and oxygen atoms in total. The zero-order valence-electron chi connectivity index (χ0n) is 17.7. The van der Waals surface area contributed by atoms with Gasteiger partial charge in [-0.3, -0.25) is 4.98 Å². The van der Waals surface area contributed by atoms with Gasteiger partial charge in [-0.2, -0.15) is 0 Å². The van der Waals surface area contributed by atoms with Crippen molar-refractivity contribution in [2.45, 2.75) is 69.2 Å². The van der Waals surface area contributed by atoms with Crippen LogP contribution in [0.15, 0.2) is 36.5 Å². The molecule has 1 aromatic heterocycles. The van der Waals surface area contributed by atoms with Crippen molar-refractivity contribution in [1.82, 2.24) is 4.98 Å². The third-order valence-electron chi connectivity index (χ3n) is 5.53. The normalized spacial score (nSPS) is 26.3. The molecule has 0 amide bonds. The van der Waals surface area contributed by atoms with Gasteiger partial charge in [0.25, 0.3) is 0 Å². The third kappa shape index (κ3) is 6.83. The second kappa shape index (κ2) is 12.3. The summed E-state index contributed by atoms with van der Waals surface area (Å²) in [6.07, 6.45) is 1.85. The summed E-state index contributed by atoms with van der Waals surface area (Å²) in [5, 5.41) is 39.9. The van der Waals surface area contributed by atoms with Crippen molar-refractivity contribution in [3.05, 3.63) is 36.5 Å². The molecule has 1 saturated heterocycles. The number of ether oxygens (including phenoxy) is 3. The first-order chi connectivity index (χ1) is 15.1. The van der Waals surface area contributed by atoms with Crippen molar-refractivity contribution < 1.29 is 34.6 Å². The lowest BCUT2D eigenvalue weighted by Gasteiger charge is -2.39. The molecule has 172 valence electrons. The molecule has 1 aliphatic heterocycles. The highest BCUT2D eigenvalue weighted by atomic mass is 16.6. The molecule has 5 atom stereocenters. The molecule has 1 unspecified atom stereocenters. The average Bonchev–Trinajstić information content (AvgIpc) is 2.79. The number of fused-ring (bicyclic) bond motifs is 1. The number of hydrogen-bond donors (Lipinski definition) is 4. The Kier molecular flexibility index (Phi) is 9.45. The maximum atomic E-state index is 10.1. The first-order valence-electron chi connectivity index (χ1n) is 11.0. The fraction of sp³-hybridized carbons (Fsp3) is 0.609. The average molecular weight is 436 g/mol. The minimum atomic E-state index is -1.47. The van der Waals surface area contributed by atoms with Gasteiger partial charge in [-0.1, -0.05) is 31.7 Å². The van der Waals surface area contributed by atoms with E-state index in [2.05, 4.69) is 4.98 Å². The molecule has 4 N–H and O–H groups in total. The van der Waals surface area contributed by atoms with Gasteiger partial charge < -0.3 is 34.6 Å². The lowest BCUT2D eigenvalue weighted by Crippen LogP contribution is -2.59. The molecule has 1 aliphatic rings. The number of aromatic nitrogens is 1. The molecular formula is C23H33NO7. The van der Waals surface area contributed by atoms with Gasteiger partial charge >= 0.3 is 0 Å². The van der Waals surface area contributed by atoms with Gasteiger partial charge in [0.1, 0.15) is 30.2 Å². The van der Waals surface area contributed by atoms with Gasteiger partial charge in [-0.15, -0.1) is 0 Å². The predicted octanol–water partition coefficient (Wildman–Crippen LogP) is 1.77. The van der Waals surface area contributed by atoms with Crippen LogP contribution in [-0.4, -0.2) is 75.9 Å². The Hall–Kier alpha value is -1.81. The van der Waals surface area contributed by atoms with Gasteiger partial charge in [-0.25, -0.2) is 0 Å². The van der Waals surface area contributed by atoms with E-state index in [0.29, 0.717) is 13.2 Å². The highest BCUT2D eigenvalue weighted by molar-refractivity contribution is 5.79. The fourth-order valence-electron chi connectivity index (χ4n) is 3.73. The van der Waals surface area contributed by atoms with Crippen molar-refractivity contribution in [3.8, 4) is 5.75 Å². The van der Waals surface area contributed by atoms with Gasteiger partial charge in [0, 0.05) is 18.2 Å². The lowest BCUT2D eigenvalue weighted by atomic mass is 9.99. The third-order valence-corrected chi connectivity index (χ3v) is 5.53. The summed E-state index contributed by atoms with van der Waals surface area (Å²) in [6.45, 7) is 0.596. The molecule has 0 saturated carbocycles. The van der Waals surface area contributed by atoms with Crippen LogP contribution in [0, 0.1) is 0 Å². The second-order valence-electron chi connectivity index (χ2n) is 7.89. The Morgan fingerprint density at radius 2 is 1.65 bits per heavy atom. The number of hydrogen-bond acceptors (Lipinski definition) is 8. The molecule has 0 bridgehead atoms. The molecule has 2 heterocycles. The van der Waals surface area contributed by atoms with Gasteiger partial charge in [0.15, 0.2) is 6.29 Å². The molecule has 0 radical (unpaired) electrons. The summed E-state index contributed by atoms with van der Waals surface area (Å²) in [6, 6.07) is 9.87. The Morgan fingerprint density at radius 3 is 2.42 bits per heavy atom. The van der Waals surface area contributed by atoms with E-state index in [1.54, 1.807) is 6.20 Å². The van der Waals surface area contributed by atoms with Gasteiger partial charge in [0.05, 0.1) is 18.7 Å². The maximum Gasteiger partial charge on any atom is 0.184 e. The second-order valence-corrected chi connectivity index (χ2v) is 7.89. The maximum absolute atomic E-state index is 10.1. The van der Waals surface area contributed by atoms with Crippen molar-refractivity contribution in [3.63, 3.8) is 0 Å². The van der Waals surface area contributed by atoms with Crippen LogP contribution in [0.1, 0.15) is 38.5 Å². The fourth-order valence-corrected chi connectivity index (χ4v) is 3.73. The quantitative estimate of drug-likeness (QED) is 0.372. The van der Waals surface area contributed by atoms with Crippen LogP contribution in [0.3, 0.4) is 0 Å². The van der Waals surface area contributed by atoms with E-state index in [4.69, 9.17) is 14.2 Å². The SMILES string of the molecule is OC[C@H]1OC(O)[C@H](O)[C@@H](OCCCCCCCCOc2ccc3ncccc3c2)[C@@H]1O. The molecule has 1 fully saturated rings. The smallest absolute Gasteiger partial charge is 0.184 e. The Bertz CT molecular complexity index is 789. The van der Waals surface area contributed by atoms with Crippen LogP contribution in [0.2, 0.25) is 0 Å². The summed E-state index contributed by atoms with van der Waals surface area (Å²) in [7, 11) is 0. The van der Waals surface area contributed by atoms with Crippen LogP contribution in [0.4, 0.5) is 0 Å². The van der Waals surface area contributed by atoms with Gasteiger partial charge in [-0.05, 0) is 37.1 Å². The zero-order valence-corrected chi connectivity index (χ0v) is 17.7. The van der Waals surface area contributed by atoms with Crippen molar-refractivity contribution in [2.75, 3.05) is 19.8 Å². The van der Waals surface area contributed by atoms with E-state index in [1.807, 2.05) is 30.3 Å². The topological polar surface area (TPSA) is 122 Å². The highest BCUT2D eigenvalue weighted by Gasteiger charge is 2.44. The van der Waals surface area contributed by atoms with Crippen molar-refractivity contribution in [1.29, 1.82) is 0 Å². The molecule has 1 aromatic carbocycles. The van der Waals surface area contributed by atoms with Crippen LogP contribution < -0.4 is 4.74 Å². The summed E-state index contributed by atoms with van der Waals surface area (Å²) >= 11 is 0. The van der Waals surface area contributed by atoms with E-state index >= 15 is 0 Å². The summed E-state index contributed by atoms with van der Waals surface area (Å²) in [5.74, 6) is 0.865. The van der Waals surface area contributed by atoms with Crippen LogP contribution in [0.5, 0.6) is 5.75 Å². The Balaban J connectivity index is 1.22. The summed E-state index contributed by atoms with van der Waals surface area (Å²) < 4.78 is 16.3. The predicted molar refractivity (Wildman–Crippen MR) is 115 cm³/mol. The number of nitrogens with zero attached hydrogens (tertiary/aromatic N) is 1. The highest BCUT2D eigenvalue weighted by Crippen LogP contribution is 2.23. The Morgan fingerprint density at radius 1 is 0.903 bits per heavy atom. The number of unbranched alkanes of at least 4 members (excludes halogenated alkanes) is 5. The largest absolute Gasteiger partial charge is 0.494 e. The van der Waals surface area contributed by atoms with Gasteiger partial charge in [0.2, 0.25) is 0 Å². The molecule has 0 aliphatic carbocycles. The molecule has 8 heteroatoms. The molecule has 3 rings (SSSR count). The molecule has 2 aromatic rings.